The van der Waals surface area contributed by atoms with E-state index in [1.54, 1.807) is 0 Å². The fourth-order valence-corrected chi connectivity index (χ4v) is 4.75. The molecule has 0 radical (unpaired) electrons. The number of carbonyl (C=O) groups is 2. The van der Waals surface area contributed by atoms with Gasteiger partial charge in [-0.25, -0.2) is 8.42 Å². The lowest BCUT2D eigenvalue weighted by Gasteiger charge is -2.23. The minimum absolute atomic E-state index is 0.0832. The number of aliphatic hydroxyl groups is 1. The Balaban J connectivity index is 1.63. The molecule has 0 saturated heterocycles. The smallest absolute Gasteiger partial charge is 0.251 e. The summed E-state index contributed by atoms with van der Waals surface area (Å²) in [5.74, 6) is -1.02. The lowest BCUT2D eigenvalue weighted by Crippen LogP contribution is -2.45. The first-order chi connectivity index (χ1) is 19.5. The van der Waals surface area contributed by atoms with Crippen LogP contribution in [0.1, 0.15) is 57.7 Å². The highest BCUT2D eigenvalue weighted by atomic mass is 32.2. The van der Waals surface area contributed by atoms with Crippen LogP contribution in [0.15, 0.2) is 83.9 Å². The van der Waals surface area contributed by atoms with E-state index >= 15 is 0 Å². The van der Waals surface area contributed by atoms with Crippen molar-refractivity contribution in [2.45, 2.75) is 50.4 Å². The molecule has 1 saturated carbocycles. The summed E-state index contributed by atoms with van der Waals surface area (Å²) in [6.07, 6.45) is 3.78. The molecule has 3 aromatic carbocycles. The van der Waals surface area contributed by atoms with Crippen molar-refractivity contribution < 1.29 is 23.1 Å². The number of hydrogen-bond acceptors (Lipinski definition) is 6. The summed E-state index contributed by atoms with van der Waals surface area (Å²) in [4.78, 5) is 31.2. The predicted molar refractivity (Wildman–Crippen MR) is 161 cm³/mol. The van der Waals surface area contributed by atoms with Gasteiger partial charge in [-0.1, -0.05) is 60.7 Å². The third-order valence-electron chi connectivity index (χ3n) is 6.97. The van der Waals surface area contributed by atoms with Gasteiger partial charge in [0.25, 0.3) is 11.8 Å². The monoisotopic (exact) mass is 576 g/mol. The second-order valence-corrected chi connectivity index (χ2v) is 12.4. The van der Waals surface area contributed by atoms with Gasteiger partial charge >= 0.3 is 0 Å². The summed E-state index contributed by atoms with van der Waals surface area (Å²) in [6, 6.07) is 22.3. The van der Waals surface area contributed by atoms with Crippen molar-refractivity contribution in [2.24, 2.45) is 4.99 Å². The lowest BCUT2D eigenvalue weighted by molar-refractivity contribution is 0.0897. The van der Waals surface area contributed by atoms with Crippen LogP contribution in [0.2, 0.25) is 0 Å². The van der Waals surface area contributed by atoms with Crippen molar-refractivity contribution in [2.75, 3.05) is 17.6 Å². The molecule has 1 fully saturated rings. The summed E-state index contributed by atoms with van der Waals surface area (Å²) in [5.41, 5.74) is 2.18. The zero-order valence-corrected chi connectivity index (χ0v) is 24.2. The van der Waals surface area contributed by atoms with Crippen molar-refractivity contribution in [1.82, 2.24) is 10.6 Å². The van der Waals surface area contributed by atoms with Crippen LogP contribution in [-0.2, 0) is 16.4 Å². The minimum Gasteiger partial charge on any atom is -0.385 e. The summed E-state index contributed by atoms with van der Waals surface area (Å²) in [5, 5.41) is 16.7. The molecule has 9 nitrogen and oxygen atoms in total. The Morgan fingerprint density at radius 1 is 0.976 bits per heavy atom. The van der Waals surface area contributed by atoms with E-state index in [1.165, 1.54) is 31.5 Å². The van der Waals surface area contributed by atoms with Gasteiger partial charge in [0.05, 0.1) is 24.0 Å². The molecule has 41 heavy (non-hydrogen) atoms. The van der Waals surface area contributed by atoms with E-state index in [2.05, 4.69) is 15.6 Å². The fraction of sp³-hybridized carbons (Fsp3) is 0.323. The third kappa shape index (κ3) is 8.48. The molecular weight excluding hydrogens is 540 g/mol. The number of nitrogens with one attached hydrogen (secondary N) is 2. The van der Waals surface area contributed by atoms with Crippen molar-refractivity contribution in [3.8, 4) is 0 Å². The Morgan fingerprint density at radius 3 is 2.10 bits per heavy atom. The summed E-state index contributed by atoms with van der Waals surface area (Å²) in [7, 11) is -2.32. The quantitative estimate of drug-likeness (QED) is 0.284. The van der Waals surface area contributed by atoms with E-state index in [0.717, 1.165) is 34.5 Å². The maximum atomic E-state index is 13.6. The highest BCUT2D eigenvalue weighted by molar-refractivity contribution is 7.92. The first-order valence-electron chi connectivity index (χ1n) is 13.5. The average Bonchev–Trinajstić information content (AvgIpc) is 3.80. The van der Waals surface area contributed by atoms with Crippen LogP contribution in [0.25, 0.3) is 0 Å². The van der Waals surface area contributed by atoms with Crippen LogP contribution >= 0.6 is 0 Å². The molecule has 0 heterocycles. The number of nitrogens with zero attached hydrogens (tertiary/aromatic N) is 2. The van der Waals surface area contributed by atoms with Gasteiger partial charge in [0.15, 0.2) is 0 Å². The zero-order valence-electron chi connectivity index (χ0n) is 23.4. The predicted octanol–water partition coefficient (Wildman–Crippen LogP) is 3.51. The van der Waals surface area contributed by atoms with E-state index in [9.17, 15) is 23.1 Å². The van der Waals surface area contributed by atoms with Crippen LogP contribution in [0.4, 0.5) is 5.69 Å². The third-order valence-corrected chi connectivity index (χ3v) is 8.18. The molecule has 0 bridgehead atoms. The molecule has 216 valence electrons. The van der Waals surface area contributed by atoms with E-state index < -0.39 is 34.0 Å². The Morgan fingerprint density at radius 2 is 1.54 bits per heavy atom. The molecule has 0 spiro atoms. The molecule has 0 unspecified atom stereocenters. The number of amides is 2. The van der Waals surface area contributed by atoms with Crippen LogP contribution in [0.5, 0.6) is 0 Å². The van der Waals surface area contributed by atoms with Crippen LogP contribution < -0.4 is 14.9 Å². The highest BCUT2D eigenvalue weighted by Crippen LogP contribution is 2.24. The van der Waals surface area contributed by atoms with Gasteiger partial charge < -0.3 is 15.7 Å². The molecule has 0 aromatic heterocycles. The summed E-state index contributed by atoms with van der Waals surface area (Å²) < 4.78 is 25.7. The summed E-state index contributed by atoms with van der Waals surface area (Å²) in [6.45, 7) is 1.84. The van der Waals surface area contributed by atoms with E-state index in [-0.39, 0.29) is 28.9 Å². The SMILES string of the molecule is C[C@@H](NC(=O)c1cc(C(=O)N[C@@H](Cc2ccccc2)[C@H](O)C=NC2CC2)cc(N(C)S(C)(=O)=O)c1)c1ccccc1. The number of carbonyl (C=O) groups excluding carboxylic acids is 2. The Bertz CT molecular complexity index is 1490. The molecule has 3 aromatic rings. The van der Waals surface area contributed by atoms with Gasteiger partial charge in [0.2, 0.25) is 10.0 Å². The number of hydrogen-bond donors (Lipinski definition) is 3. The molecule has 1 aliphatic rings. The first kappa shape index (κ1) is 30.0. The number of aliphatic imine (C=N–C) groups is 1. The second-order valence-electron chi connectivity index (χ2n) is 10.4. The van der Waals surface area contributed by atoms with Crippen molar-refractivity contribution >= 4 is 33.7 Å². The fourth-order valence-electron chi connectivity index (χ4n) is 4.27. The van der Waals surface area contributed by atoms with Crippen molar-refractivity contribution in [1.29, 1.82) is 0 Å². The second kappa shape index (κ2) is 13.1. The molecule has 1 aliphatic carbocycles. The number of aliphatic hydroxyl groups excluding tert-OH is 1. The number of sulfonamides is 1. The molecule has 3 N–H and O–H groups in total. The van der Waals surface area contributed by atoms with Gasteiger partial charge in [0.1, 0.15) is 6.10 Å². The Labute approximate surface area is 241 Å². The molecule has 2 amide bonds. The molecule has 10 heteroatoms. The van der Waals surface area contributed by atoms with Crippen molar-refractivity contribution in [3.05, 3.63) is 101 Å². The maximum Gasteiger partial charge on any atom is 0.251 e. The largest absolute Gasteiger partial charge is 0.385 e. The maximum absolute atomic E-state index is 13.6. The molecular formula is C31H36N4O5S. The van der Waals surface area contributed by atoms with E-state index in [0.29, 0.717) is 6.42 Å². The number of anilines is 1. The number of benzene rings is 3. The number of rotatable bonds is 12. The van der Waals surface area contributed by atoms with Gasteiger partial charge in [-0.15, -0.1) is 0 Å². The Kier molecular flexibility index (Phi) is 9.57. The molecule has 3 atom stereocenters. The molecule has 4 rings (SSSR count). The van der Waals surface area contributed by atoms with E-state index in [1.807, 2.05) is 67.6 Å². The average molecular weight is 577 g/mol. The molecule has 0 aliphatic heterocycles. The van der Waals surface area contributed by atoms with Gasteiger partial charge in [-0.05, 0) is 55.5 Å². The van der Waals surface area contributed by atoms with Crippen LogP contribution in [-0.4, -0.2) is 63.0 Å². The topological polar surface area (TPSA) is 128 Å². The standard InChI is InChI=1S/C31H36N4O5S/c1-21(23-12-8-5-9-13-23)33-30(37)24-17-25(19-27(18-24)35(2)41(3,39)40)31(38)34-28(16-22-10-6-4-7-11-22)29(36)20-32-26-14-15-26/h4-13,17-21,26,28-29,36H,14-16H2,1-3H3,(H,33,37)(H,34,38)/t21-,28+,29-/m1/s1. The normalized spacial score (nSPS) is 15.6. The van der Waals surface area contributed by atoms with Gasteiger partial charge in [-0.2, -0.15) is 0 Å². The Hall–Kier alpha value is -4.02. The van der Waals surface area contributed by atoms with E-state index in [4.69, 9.17) is 0 Å². The first-order valence-corrected chi connectivity index (χ1v) is 15.4. The van der Waals surface area contributed by atoms with Gasteiger partial charge in [0, 0.05) is 30.4 Å². The summed E-state index contributed by atoms with van der Waals surface area (Å²) >= 11 is 0. The highest BCUT2D eigenvalue weighted by Gasteiger charge is 2.26. The van der Waals surface area contributed by atoms with Crippen LogP contribution in [0, 0.1) is 0 Å². The lowest BCUT2D eigenvalue weighted by atomic mass is 10.0. The van der Waals surface area contributed by atoms with Crippen molar-refractivity contribution in [3.63, 3.8) is 0 Å². The minimum atomic E-state index is -3.68. The zero-order chi connectivity index (χ0) is 29.6. The van der Waals surface area contributed by atoms with Gasteiger partial charge in [-0.3, -0.25) is 18.9 Å². The van der Waals surface area contributed by atoms with Crippen LogP contribution in [0.3, 0.4) is 0 Å².